The number of hydrogen-bond acceptors (Lipinski definition) is 3. The molecule has 1 fully saturated rings. The van der Waals surface area contributed by atoms with E-state index >= 15 is 0 Å². The SMILES string of the molecule is S=C1N=c2ccc(CCN3CCN(c4cccc5ccccc45)CC3)cc2=N1. The van der Waals surface area contributed by atoms with Crippen molar-refractivity contribution in [3.63, 3.8) is 0 Å². The van der Waals surface area contributed by atoms with Crippen LogP contribution in [0.4, 0.5) is 5.69 Å². The Labute approximate surface area is 169 Å². The van der Waals surface area contributed by atoms with E-state index in [1.807, 2.05) is 6.07 Å². The second-order valence-corrected chi connectivity index (χ2v) is 7.77. The van der Waals surface area contributed by atoms with Crippen molar-refractivity contribution in [2.45, 2.75) is 6.42 Å². The topological polar surface area (TPSA) is 31.2 Å². The van der Waals surface area contributed by atoms with E-state index in [4.69, 9.17) is 12.2 Å². The van der Waals surface area contributed by atoms with Crippen molar-refractivity contribution in [1.29, 1.82) is 0 Å². The maximum absolute atomic E-state index is 5.07. The van der Waals surface area contributed by atoms with Crippen molar-refractivity contribution in [2.24, 2.45) is 9.98 Å². The van der Waals surface area contributed by atoms with Gasteiger partial charge >= 0.3 is 0 Å². The number of fused-ring (bicyclic) bond motifs is 2. The zero-order valence-electron chi connectivity index (χ0n) is 15.7. The first-order valence-corrected chi connectivity index (χ1v) is 10.2. The van der Waals surface area contributed by atoms with Gasteiger partial charge in [0, 0.05) is 43.8 Å². The quantitative estimate of drug-likeness (QED) is 0.646. The third-order valence-electron chi connectivity index (χ3n) is 5.67. The molecule has 0 bridgehead atoms. The molecule has 5 heteroatoms. The lowest BCUT2D eigenvalue weighted by atomic mass is 10.1. The smallest absolute Gasteiger partial charge is 0.220 e. The van der Waals surface area contributed by atoms with Crippen molar-refractivity contribution in [3.8, 4) is 0 Å². The predicted octanol–water partition coefficient (Wildman–Crippen LogP) is 2.74. The lowest BCUT2D eigenvalue weighted by Crippen LogP contribution is -2.47. The summed E-state index contributed by atoms with van der Waals surface area (Å²) in [6.45, 7) is 5.40. The third-order valence-corrected chi connectivity index (χ3v) is 5.85. The fourth-order valence-electron chi connectivity index (χ4n) is 4.12. The van der Waals surface area contributed by atoms with E-state index in [-0.39, 0.29) is 0 Å². The molecule has 0 aromatic heterocycles. The van der Waals surface area contributed by atoms with Crippen LogP contribution in [0.2, 0.25) is 0 Å². The minimum absolute atomic E-state index is 0.441. The highest BCUT2D eigenvalue weighted by Gasteiger charge is 2.18. The highest BCUT2D eigenvalue weighted by molar-refractivity contribution is 7.80. The van der Waals surface area contributed by atoms with Gasteiger partial charge in [-0.2, -0.15) is 0 Å². The largest absolute Gasteiger partial charge is 0.368 e. The summed E-state index contributed by atoms with van der Waals surface area (Å²) in [7, 11) is 0. The van der Waals surface area contributed by atoms with Crippen LogP contribution in [-0.2, 0) is 6.42 Å². The van der Waals surface area contributed by atoms with E-state index in [0.29, 0.717) is 5.11 Å². The highest BCUT2D eigenvalue weighted by Crippen LogP contribution is 2.27. The van der Waals surface area contributed by atoms with Gasteiger partial charge in [0.15, 0.2) is 0 Å². The Morgan fingerprint density at radius 2 is 1.61 bits per heavy atom. The Morgan fingerprint density at radius 3 is 2.50 bits per heavy atom. The molecule has 2 aliphatic heterocycles. The lowest BCUT2D eigenvalue weighted by Gasteiger charge is -2.36. The van der Waals surface area contributed by atoms with Crippen LogP contribution in [0, 0.1) is 0 Å². The van der Waals surface area contributed by atoms with Gasteiger partial charge in [0.2, 0.25) is 5.11 Å². The normalized spacial score (nSPS) is 16.7. The zero-order chi connectivity index (χ0) is 18.9. The van der Waals surface area contributed by atoms with Crippen LogP contribution in [0.3, 0.4) is 0 Å². The van der Waals surface area contributed by atoms with Gasteiger partial charge < -0.3 is 4.90 Å². The average Bonchev–Trinajstić information content (AvgIpc) is 3.11. The highest BCUT2D eigenvalue weighted by atomic mass is 32.1. The van der Waals surface area contributed by atoms with Crippen LogP contribution in [-0.4, -0.2) is 42.7 Å². The molecule has 0 atom stereocenters. The first-order valence-electron chi connectivity index (χ1n) is 9.82. The Balaban J connectivity index is 1.22. The molecule has 4 nitrogen and oxygen atoms in total. The van der Waals surface area contributed by atoms with Gasteiger partial charge in [-0.15, -0.1) is 0 Å². The van der Waals surface area contributed by atoms with Gasteiger partial charge in [-0.1, -0.05) is 42.5 Å². The number of rotatable bonds is 4. The Kier molecular flexibility index (Phi) is 4.63. The molecule has 5 rings (SSSR count). The molecule has 1 saturated heterocycles. The van der Waals surface area contributed by atoms with Gasteiger partial charge in [0.1, 0.15) is 0 Å². The van der Waals surface area contributed by atoms with Crippen molar-refractivity contribution in [1.82, 2.24) is 4.90 Å². The van der Waals surface area contributed by atoms with Gasteiger partial charge in [-0.05, 0) is 47.8 Å². The average molecular weight is 387 g/mol. The molecule has 2 aliphatic rings. The molecule has 0 spiro atoms. The van der Waals surface area contributed by atoms with Gasteiger partial charge in [-0.3, -0.25) is 4.90 Å². The maximum atomic E-state index is 5.07. The lowest BCUT2D eigenvalue weighted by molar-refractivity contribution is 0.261. The molecule has 0 amide bonds. The number of benzene rings is 3. The molecule has 0 aliphatic carbocycles. The van der Waals surface area contributed by atoms with E-state index < -0.39 is 0 Å². The molecule has 3 aromatic rings. The van der Waals surface area contributed by atoms with Crippen molar-refractivity contribution < 1.29 is 0 Å². The van der Waals surface area contributed by atoms with Crippen LogP contribution >= 0.6 is 12.2 Å². The summed E-state index contributed by atoms with van der Waals surface area (Å²) in [5, 5.41) is 4.93. The number of anilines is 1. The van der Waals surface area contributed by atoms with E-state index in [1.54, 1.807) is 0 Å². The summed E-state index contributed by atoms with van der Waals surface area (Å²) in [5.41, 5.74) is 2.66. The van der Waals surface area contributed by atoms with Crippen LogP contribution < -0.4 is 15.6 Å². The van der Waals surface area contributed by atoms with Crippen LogP contribution in [0.1, 0.15) is 5.56 Å². The van der Waals surface area contributed by atoms with E-state index in [9.17, 15) is 0 Å². The molecular weight excluding hydrogens is 364 g/mol. The number of nitrogens with zero attached hydrogens (tertiary/aromatic N) is 4. The molecular formula is C23H22N4S. The molecule has 0 unspecified atom stereocenters. The van der Waals surface area contributed by atoms with Gasteiger partial charge in [-0.25, -0.2) is 9.98 Å². The second kappa shape index (κ2) is 7.41. The van der Waals surface area contributed by atoms with E-state index in [2.05, 4.69) is 74.4 Å². The molecule has 0 N–H and O–H groups in total. The van der Waals surface area contributed by atoms with E-state index in [0.717, 1.165) is 49.9 Å². The van der Waals surface area contributed by atoms with Crippen LogP contribution in [0.5, 0.6) is 0 Å². The van der Waals surface area contributed by atoms with Crippen LogP contribution in [0.25, 0.3) is 10.8 Å². The first kappa shape index (κ1) is 17.5. The summed E-state index contributed by atoms with van der Waals surface area (Å²) in [6.07, 6.45) is 1.03. The molecule has 28 heavy (non-hydrogen) atoms. The first-order chi connectivity index (χ1) is 13.8. The van der Waals surface area contributed by atoms with Crippen molar-refractivity contribution >= 4 is 33.8 Å². The monoisotopic (exact) mass is 386 g/mol. The summed E-state index contributed by atoms with van der Waals surface area (Å²) in [4.78, 5) is 13.7. The summed E-state index contributed by atoms with van der Waals surface area (Å²) >= 11 is 5.07. The minimum atomic E-state index is 0.441. The summed E-state index contributed by atoms with van der Waals surface area (Å²) in [6, 6.07) is 21.6. The van der Waals surface area contributed by atoms with E-state index in [1.165, 1.54) is 22.0 Å². The summed E-state index contributed by atoms with van der Waals surface area (Å²) < 4.78 is 0. The number of hydrogen-bond donors (Lipinski definition) is 0. The standard InChI is InChI=1S/C23H22N4S/c28-23-24-20-9-8-17(16-21(20)25-23)10-11-26-12-14-27(15-13-26)22-7-3-5-18-4-1-2-6-19(18)22/h1-9,16H,10-15H2. The van der Waals surface area contributed by atoms with Crippen molar-refractivity contribution in [2.75, 3.05) is 37.6 Å². The fourth-order valence-corrected chi connectivity index (χ4v) is 4.32. The number of piperazine rings is 1. The molecule has 0 radical (unpaired) electrons. The Bertz CT molecular complexity index is 1160. The van der Waals surface area contributed by atoms with Gasteiger partial charge in [0.25, 0.3) is 0 Å². The molecule has 3 aromatic carbocycles. The minimum Gasteiger partial charge on any atom is -0.368 e. The van der Waals surface area contributed by atoms with Crippen LogP contribution in [0.15, 0.2) is 70.6 Å². The predicted molar refractivity (Wildman–Crippen MR) is 118 cm³/mol. The second-order valence-electron chi connectivity index (χ2n) is 7.41. The maximum Gasteiger partial charge on any atom is 0.220 e. The number of thiocarbonyl (C=S) groups is 1. The Morgan fingerprint density at radius 1 is 0.821 bits per heavy atom. The van der Waals surface area contributed by atoms with Crippen molar-refractivity contribution in [3.05, 3.63) is 76.9 Å². The molecule has 140 valence electrons. The molecule has 2 heterocycles. The fraction of sp³-hybridized carbons (Fsp3) is 0.261. The Hall–Kier alpha value is -2.63. The summed E-state index contributed by atoms with van der Waals surface area (Å²) in [5.74, 6) is 0. The van der Waals surface area contributed by atoms with Gasteiger partial charge in [0.05, 0.1) is 10.7 Å². The molecule has 0 saturated carbocycles. The third kappa shape index (κ3) is 3.43. The zero-order valence-corrected chi connectivity index (χ0v) is 16.5.